The quantitative estimate of drug-likeness (QED) is 0.487. The Morgan fingerprint density at radius 1 is 1.35 bits per heavy atom. The van der Waals surface area contributed by atoms with Crippen LogP contribution in [0.1, 0.15) is 26.0 Å². The summed E-state index contributed by atoms with van der Waals surface area (Å²) in [5.74, 6) is -0.323. The van der Waals surface area contributed by atoms with Gasteiger partial charge in [-0.3, -0.25) is 0 Å². The van der Waals surface area contributed by atoms with Crippen molar-refractivity contribution in [3.63, 3.8) is 0 Å². The lowest BCUT2D eigenvalue weighted by Gasteiger charge is -2.06. The molecule has 3 rings (SSSR count). The van der Waals surface area contributed by atoms with Crippen LogP contribution in [-0.4, -0.2) is 25.2 Å². The van der Waals surface area contributed by atoms with E-state index >= 15 is 0 Å². The van der Waals surface area contributed by atoms with Crippen molar-refractivity contribution in [3.05, 3.63) is 47.1 Å². The Labute approximate surface area is 159 Å². The molecule has 0 fully saturated rings. The predicted octanol–water partition coefficient (Wildman–Crippen LogP) is 5.09. The lowest BCUT2D eigenvalue weighted by atomic mass is 10.2. The SMILES string of the molecule is CCC(C)Sc1ncc(-c2[nH]c(-c3c(F)cccc3Cl)nc2C#N)cn1. The average Bonchev–Trinajstić information content (AvgIpc) is 3.06. The van der Waals surface area contributed by atoms with E-state index in [1.54, 1.807) is 30.2 Å². The van der Waals surface area contributed by atoms with Gasteiger partial charge in [0.1, 0.15) is 17.7 Å². The van der Waals surface area contributed by atoms with E-state index in [2.05, 4.69) is 33.8 Å². The minimum atomic E-state index is -0.515. The first-order valence-electron chi connectivity index (χ1n) is 7.97. The van der Waals surface area contributed by atoms with Gasteiger partial charge in [0.25, 0.3) is 0 Å². The van der Waals surface area contributed by atoms with Crippen molar-refractivity contribution >= 4 is 23.4 Å². The van der Waals surface area contributed by atoms with Crippen molar-refractivity contribution in [1.82, 2.24) is 19.9 Å². The van der Waals surface area contributed by atoms with Gasteiger partial charge < -0.3 is 4.98 Å². The highest BCUT2D eigenvalue weighted by Gasteiger charge is 2.18. The van der Waals surface area contributed by atoms with E-state index < -0.39 is 5.82 Å². The molecule has 26 heavy (non-hydrogen) atoms. The van der Waals surface area contributed by atoms with Gasteiger partial charge in [-0.05, 0) is 18.6 Å². The van der Waals surface area contributed by atoms with Crippen LogP contribution in [0.4, 0.5) is 4.39 Å². The summed E-state index contributed by atoms with van der Waals surface area (Å²) in [5, 5.41) is 10.7. The van der Waals surface area contributed by atoms with Crippen LogP contribution in [0.25, 0.3) is 22.6 Å². The Morgan fingerprint density at radius 3 is 2.69 bits per heavy atom. The molecule has 0 radical (unpaired) electrons. The molecule has 1 aromatic carbocycles. The summed E-state index contributed by atoms with van der Waals surface area (Å²) in [6, 6.07) is 6.38. The second-order valence-electron chi connectivity index (χ2n) is 5.61. The lowest BCUT2D eigenvalue weighted by Crippen LogP contribution is -1.96. The first kappa shape index (κ1) is 18.4. The van der Waals surface area contributed by atoms with E-state index in [9.17, 15) is 9.65 Å². The van der Waals surface area contributed by atoms with Gasteiger partial charge in [-0.2, -0.15) is 5.26 Å². The minimum Gasteiger partial charge on any atom is -0.337 e. The second-order valence-corrected chi connectivity index (χ2v) is 7.42. The van der Waals surface area contributed by atoms with Gasteiger partial charge in [-0.25, -0.2) is 19.3 Å². The molecule has 0 aliphatic rings. The number of benzene rings is 1. The topological polar surface area (TPSA) is 78.2 Å². The van der Waals surface area contributed by atoms with Crippen LogP contribution in [0.5, 0.6) is 0 Å². The summed E-state index contributed by atoms with van der Waals surface area (Å²) < 4.78 is 14.1. The number of halogens is 2. The van der Waals surface area contributed by atoms with E-state index in [0.717, 1.165) is 6.42 Å². The molecule has 0 saturated carbocycles. The summed E-state index contributed by atoms with van der Waals surface area (Å²) in [4.78, 5) is 15.8. The zero-order chi connectivity index (χ0) is 18.7. The molecule has 1 atom stereocenters. The molecule has 1 N–H and O–H groups in total. The predicted molar refractivity (Wildman–Crippen MR) is 100 cm³/mol. The third-order valence-corrected chi connectivity index (χ3v) is 5.28. The fourth-order valence-corrected chi connectivity index (χ4v) is 3.28. The average molecular weight is 388 g/mol. The fourth-order valence-electron chi connectivity index (χ4n) is 2.27. The van der Waals surface area contributed by atoms with Gasteiger partial charge in [0, 0.05) is 23.2 Å². The number of H-pyrrole nitrogens is 1. The first-order chi connectivity index (χ1) is 12.5. The maximum Gasteiger partial charge on any atom is 0.187 e. The van der Waals surface area contributed by atoms with E-state index in [-0.39, 0.29) is 22.1 Å². The molecule has 0 bridgehead atoms. The standard InChI is InChI=1S/C18H15ClFN5S/c1-3-10(2)26-18-22-8-11(9-23-18)16-14(7-21)24-17(25-16)15-12(19)5-4-6-13(15)20/h4-6,8-10H,3H2,1-2H3,(H,24,25). The highest BCUT2D eigenvalue weighted by atomic mass is 35.5. The normalized spacial score (nSPS) is 12.0. The highest BCUT2D eigenvalue weighted by Crippen LogP contribution is 2.32. The van der Waals surface area contributed by atoms with Gasteiger partial charge >= 0.3 is 0 Å². The second kappa shape index (κ2) is 7.85. The minimum absolute atomic E-state index is 0.127. The fraction of sp³-hybridized carbons (Fsp3) is 0.222. The number of aromatic amines is 1. The van der Waals surface area contributed by atoms with E-state index in [4.69, 9.17) is 11.6 Å². The van der Waals surface area contributed by atoms with Gasteiger partial charge in [-0.1, -0.05) is 43.3 Å². The van der Waals surface area contributed by atoms with Crippen molar-refractivity contribution < 1.29 is 4.39 Å². The Balaban J connectivity index is 1.99. The van der Waals surface area contributed by atoms with Gasteiger partial charge in [0.05, 0.1) is 16.3 Å². The smallest absolute Gasteiger partial charge is 0.187 e. The molecular weight excluding hydrogens is 373 g/mol. The van der Waals surface area contributed by atoms with Gasteiger partial charge in [-0.15, -0.1) is 0 Å². The number of hydrogen-bond acceptors (Lipinski definition) is 5. The molecule has 3 aromatic rings. The third kappa shape index (κ3) is 3.71. The monoisotopic (exact) mass is 387 g/mol. The van der Waals surface area contributed by atoms with Crippen molar-refractivity contribution in [2.24, 2.45) is 0 Å². The molecule has 0 saturated heterocycles. The maximum atomic E-state index is 14.1. The Morgan fingerprint density at radius 2 is 2.08 bits per heavy atom. The van der Waals surface area contributed by atoms with Crippen molar-refractivity contribution in [2.75, 3.05) is 0 Å². The summed E-state index contributed by atoms with van der Waals surface area (Å²) in [7, 11) is 0. The summed E-state index contributed by atoms with van der Waals surface area (Å²) in [6.07, 6.45) is 4.26. The number of nitrogens with zero attached hydrogens (tertiary/aromatic N) is 4. The van der Waals surface area contributed by atoms with Gasteiger partial charge in [0.15, 0.2) is 10.9 Å². The van der Waals surface area contributed by atoms with Crippen LogP contribution >= 0.6 is 23.4 Å². The number of nitrogens with one attached hydrogen (secondary N) is 1. The number of imidazole rings is 1. The van der Waals surface area contributed by atoms with Crippen molar-refractivity contribution in [2.45, 2.75) is 30.7 Å². The molecule has 0 aliphatic heterocycles. The molecule has 0 aliphatic carbocycles. The van der Waals surface area contributed by atoms with Gasteiger partial charge in [0.2, 0.25) is 0 Å². The Bertz CT molecular complexity index is 944. The van der Waals surface area contributed by atoms with Crippen LogP contribution in [0.15, 0.2) is 35.7 Å². The largest absolute Gasteiger partial charge is 0.337 e. The van der Waals surface area contributed by atoms with Crippen molar-refractivity contribution in [3.8, 4) is 28.7 Å². The van der Waals surface area contributed by atoms with Crippen LogP contribution in [0.3, 0.4) is 0 Å². The lowest BCUT2D eigenvalue weighted by molar-refractivity contribution is 0.630. The molecule has 2 heterocycles. The number of rotatable bonds is 5. The Kier molecular flexibility index (Phi) is 5.55. The molecule has 5 nitrogen and oxygen atoms in total. The highest BCUT2D eigenvalue weighted by molar-refractivity contribution is 7.99. The van der Waals surface area contributed by atoms with Crippen LogP contribution in [-0.2, 0) is 0 Å². The molecule has 1 unspecified atom stereocenters. The van der Waals surface area contributed by atoms with Crippen LogP contribution in [0.2, 0.25) is 5.02 Å². The molecule has 2 aromatic heterocycles. The van der Waals surface area contributed by atoms with Crippen LogP contribution < -0.4 is 0 Å². The van der Waals surface area contributed by atoms with E-state index in [1.807, 2.05) is 6.07 Å². The number of hydrogen-bond donors (Lipinski definition) is 1. The first-order valence-corrected chi connectivity index (χ1v) is 9.22. The maximum absolute atomic E-state index is 14.1. The summed E-state index contributed by atoms with van der Waals surface area (Å²) in [6.45, 7) is 4.21. The van der Waals surface area contributed by atoms with E-state index in [1.165, 1.54) is 12.1 Å². The Hall–Kier alpha value is -2.43. The zero-order valence-corrected chi connectivity index (χ0v) is 15.7. The number of thioether (sulfide) groups is 1. The molecular formula is C18H15ClFN5S. The van der Waals surface area contributed by atoms with Crippen LogP contribution in [0, 0.1) is 17.1 Å². The van der Waals surface area contributed by atoms with Crippen molar-refractivity contribution in [1.29, 1.82) is 5.26 Å². The summed E-state index contributed by atoms with van der Waals surface area (Å²) >= 11 is 7.67. The number of nitriles is 1. The summed E-state index contributed by atoms with van der Waals surface area (Å²) in [5.41, 5.74) is 1.29. The molecule has 0 spiro atoms. The third-order valence-electron chi connectivity index (χ3n) is 3.81. The molecule has 0 amide bonds. The van der Waals surface area contributed by atoms with E-state index in [0.29, 0.717) is 21.7 Å². The number of aromatic nitrogens is 4. The zero-order valence-electron chi connectivity index (χ0n) is 14.1. The molecule has 132 valence electrons. The molecule has 8 heteroatoms.